The van der Waals surface area contributed by atoms with Crippen LogP contribution in [0.15, 0.2) is 59.1 Å². The van der Waals surface area contributed by atoms with Gasteiger partial charge in [-0.05, 0) is 30.7 Å². The van der Waals surface area contributed by atoms with Crippen LogP contribution in [0.4, 0.5) is 0 Å². The predicted molar refractivity (Wildman–Crippen MR) is 94.0 cm³/mol. The van der Waals surface area contributed by atoms with Crippen molar-refractivity contribution in [2.45, 2.75) is 6.42 Å². The molecule has 6 heteroatoms. The second-order valence-corrected chi connectivity index (χ2v) is 5.47. The number of nitrogens with one attached hydrogen (secondary N) is 1. The van der Waals surface area contributed by atoms with Crippen molar-refractivity contribution in [2.75, 3.05) is 20.3 Å². The quantitative estimate of drug-likeness (QED) is 0.670. The molecule has 1 N–H and O–H groups in total. The van der Waals surface area contributed by atoms with E-state index in [1.165, 1.54) is 0 Å². The van der Waals surface area contributed by atoms with Crippen molar-refractivity contribution in [1.29, 1.82) is 0 Å². The summed E-state index contributed by atoms with van der Waals surface area (Å²) in [6.45, 7) is 1.21. The first-order chi connectivity index (χ1) is 12.3. The van der Waals surface area contributed by atoms with Crippen molar-refractivity contribution in [3.8, 4) is 22.8 Å². The highest BCUT2D eigenvalue weighted by atomic mass is 16.5. The van der Waals surface area contributed by atoms with Crippen molar-refractivity contribution in [3.63, 3.8) is 0 Å². The Morgan fingerprint density at radius 3 is 2.56 bits per heavy atom. The van der Waals surface area contributed by atoms with E-state index >= 15 is 0 Å². The molecule has 1 aromatic heterocycles. The molecule has 0 bridgehead atoms. The van der Waals surface area contributed by atoms with E-state index in [4.69, 9.17) is 9.26 Å². The number of carbonyl (C=O) groups is 1. The van der Waals surface area contributed by atoms with Gasteiger partial charge in [0.15, 0.2) is 0 Å². The lowest BCUT2D eigenvalue weighted by atomic mass is 10.1. The Labute approximate surface area is 145 Å². The third-order valence-electron chi connectivity index (χ3n) is 3.66. The van der Waals surface area contributed by atoms with Gasteiger partial charge in [0.2, 0.25) is 5.82 Å². The monoisotopic (exact) mass is 337 g/mol. The van der Waals surface area contributed by atoms with Crippen molar-refractivity contribution in [2.24, 2.45) is 0 Å². The van der Waals surface area contributed by atoms with Crippen molar-refractivity contribution >= 4 is 5.91 Å². The highest BCUT2D eigenvalue weighted by Gasteiger charge is 2.11. The average Bonchev–Trinajstić information content (AvgIpc) is 3.16. The van der Waals surface area contributed by atoms with Gasteiger partial charge in [-0.1, -0.05) is 35.5 Å². The van der Waals surface area contributed by atoms with E-state index in [9.17, 15) is 4.79 Å². The number of benzene rings is 2. The summed E-state index contributed by atoms with van der Waals surface area (Å²) in [7, 11) is 1.64. The van der Waals surface area contributed by atoms with Crippen LogP contribution in [-0.2, 0) is 4.74 Å². The van der Waals surface area contributed by atoms with E-state index in [1.807, 2.05) is 30.3 Å². The second kappa shape index (κ2) is 8.21. The molecule has 25 heavy (non-hydrogen) atoms. The highest BCUT2D eigenvalue weighted by Crippen LogP contribution is 2.22. The van der Waals surface area contributed by atoms with Crippen molar-refractivity contribution < 1.29 is 14.1 Å². The van der Waals surface area contributed by atoms with E-state index in [1.54, 1.807) is 31.4 Å². The van der Waals surface area contributed by atoms with E-state index in [2.05, 4.69) is 15.5 Å². The predicted octanol–water partition coefficient (Wildman–Crippen LogP) is 3.17. The van der Waals surface area contributed by atoms with E-state index in [0.717, 1.165) is 17.5 Å². The van der Waals surface area contributed by atoms with Gasteiger partial charge in [-0.25, -0.2) is 0 Å². The smallest absolute Gasteiger partial charge is 0.258 e. The normalized spacial score (nSPS) is 10.6. The van der Waals surface area contributed by atoms with Gasteiger partial charge in [-0.2, -0.15) is 4.98 Å². The summed E-state index contributed by atoms with van der Waals surface area (Å²) in [6.07, 6.45) is 0.782. The number of amides is 1. The third-order valence-corrected chi connectivity index (χ3v) is 3.66. The number of rotatable bonds is 7. The average molecular weight is 337 g/mol. The Bertz CT molecular complexity index is 813. The number of aromatic nitrogens is 2. The van der Waals surface area contributed by atoms with Crippen LogP contribution in [0.5, 0.6) is 0 Å². The summed E-state index contributed by atoms with van der Waals surface area (Å²) >= 11 is 0. The molecule has 0 aliphatic heterocycles. The molecule has 0 radical (unpaired) electrons. The number of nitrogens with zero attached hydrogens (tertiary/aromatic N) is 2. The number of methoxy groups -OCH3 is 1. The lowest BCUT2D eigenvalue weighted by Crippen LogP contribution is -2.25. The summed E-state index contributed by atoms with van der Waals surface area (Å²) in [6, 6.07) is 16.7. The molecule has 1 amide bonds. The summed E-state index contributed by atoms with van der Waals surface area (Å²) in [5.41, 5.74) is 2.25. The fourth-order valence-corrected chi connectivity index (χ4v) is 2.33. The molecule has 0 saturated heterocycles. The highest BCUT2D eigenvalue weighted by molar-refractivity contribution is 5.94. The molecule has 0 atom stereocenters. The first-order valence-electron chi connectivity index (χ1n) is 8.04. The summed E-state index contributed by atoms with van der Waals surface area (Å²) < 4.78 is 10.3. The molecular formula is C19H19N3O3. The zero-order valence-electron chi connectivity index (χ0n) is 13.9. The topological polar surface area (TPSA) is 77.2 Å². The molecule has 0 saturated carbocycles. The minimum Gasteiger partial charge on any atom is -0.385 e. The van der Waals surface area contributed by atoms with Gasteiger partial charge in [0.05, 0.1) is 0 Å². The SMILES string of the molecule is COCCCNC(=O)c1ccc(-c2nc(-c3ccccc3)no2)cc1. The van der Waals surface area contributed by atoms with Crippen molar-refractivity contribution in [1.82, 2.24) is 15.5 Å². The Morgan fingerprint density at radius 1 is 1.08 bits per heavy atom. The van der Waals surface area contributed by atoms with Crippen LogP contribution < -0.4 is 5.32 Å². The van der Waals surface area contributed by atoms with Crippen LogP contribution in [0.3, 0.4) is 0 Å². The molecule has 0 spiro atoms. The van der Waals surface area contributed by atoms with E-state index in [0.29, 0.717) is 30.4 Å². The van der Waals surface area contributed by atoms with Gasteiger partial charge in [-0.3, -0.25) is 4.79 Å². The Balaban J connectivity index is 1.66. The first kappa shape index (κ1) is 16.9. The van der Waals surface area contributed by atoms with Crippen LogP contribution in [0.1, 0.15) is 16.8 Å². The maximum atomic E-state index is 12.0. The van der Waals surface area contributed by atoms with Gasteiger partial charge in [0, 0.05) is 37.0 Å². The van der Waals surface area contributed by atoms with Crippen LogP contribution >= 0.6 is 0 Å². The summed E-state index contributed by atoms with van der Waals surface area (Å²) in [5.74, 6) is 0.847. The molecule has 128 valence electrons. The minimum atomic E-state index is -0.113. The fraction of sp³-hybridized carbons (Fsp3) is 0.211. The molecule has 0 fully saturated rings. The molecule has 1 heterocycles. The number of carbonyl (C=O) groups excluding carboxylic acids is 1. The molecule has 3 aromatic rings. The maximum Gasteiger partial charge on any atom is 0.258 e. The summed E-state index contributed by atoms with van der Waals surface area (Å²) in [4.78, 5) is 16.4. The van der Waals surface area contributed by atoms with E-state index < -0.39 is 0 Å². The van der Waals surface area contributed by atoms with Crippen molar-refractivity contribution in [3.05, 3.63) is 60.2 Å². The van der Waals surface area contributed by atoms with Gasteiger partial charge < -0.3 is 14.6 Å². The van der Waals surface area contributed by atoms with E-state index in [-0.39, 0.29) is 5.91 Å². The van der Waals surface area contributed by atoms with Gasteiger partial charge >= 0.3 is 0 Å². The minimum absolute atomic E-state index is 0.113. The summed E-state index contributed by atoms with van der Waals surface area (Å²) in [5, 5.41) is 6.85. The van der Waals surface area contributed by atoms with Crippen LogP contribution in [0.25, 0.3) is 22.8 Å². The molecule has 0 unspecified atom stereocenters. The lowest BCUT2D eigenvalue weighted by molar-refractivity contribution is 0.0948. The van der Waals surface area contributed by atoms with Gasteiger partial charge in [0.1, 0.15) is 0 Å². The molecular weight excluding hydrogens is 318 g/mol. The number of ether oxygens (including phenoxy) is 1. The third kappa shape index (κ3) is 4.30. The Hall–Kier alpha value is -2.99. The van der Waals surface area contributed by atoms with Crippen LogP contribution in [0, 0.1) is 0 Å². The zero-order chi connectivity index (χ0) is 17.5. The fourth-order valence-electron chi connectivity index (χ4n) is 2.33. The Morgan fingerprint density at radius 2 is 1.84 bits per heavy atom. The molecule has 6 nitrogen and oxygen atoms in total. The van der Waals surface area contributed by atoms with Gasteiger partial charge in [0.25, 0.3) is 11.8 Å². The van der Waals surface area contributed by atoms with Gasteiger partial charge in [-0.15, -0.1) is 0 Å². The first-order valence-corrected chi connectivity index (χ1v) is 8.04. The second-order valence-electron chi connectivity index (χ2n) is 5.47. The zero-order valence-corrected chi connectivity index (χ0v) is 13.9. The molecule has 2 aromatic carbocycles. The molecule has 0 aliphatic rings. The Kier molecular flexibility index (Phi) is 5.53. The number of hydrogen-bond donors (Lipinski definition) is 1. The standard InChI is InChI=1S/C19H19N3O3/c1-24-13-5-12-20-18(23)15-8-10-16(11-9-15)19-21-17(22-25-19)14-6-3-2-4-7-14/h2-4,6-11H,5,12-13H2,1H3,(H,20,23). The van der Waals surface area contributed by atoms with Crippen LogP contribution in [-0.4, -0.2) is 36.3 Å². The maximum absolute atomic E-state index is 12.0. The van der Waals surface area contributed by atoms with Crippen LogP contribution in [0.2, 0.25) is 0 Å². The number of hydrogen-bond acceptors (Lipinski definition) is 5. The lowest BCUT2D eigenvalue weighted by Gasteiger charge is -2.05. The largest absolute Gasteiger partial charge is 0.385 e. The molecule has 3 rings (SSSR count). The molecule has 0 aliphatic carbocycles.